The van der Waals surface area contributed by atoms with Crippen molar-refractivity contribution in [2.24, 2.45) is 11.0 Å². The molecule has 0 fully saturated rings. The van der Waals surface area contributed by atoms with Gasteiger partial charge in [-0.05, 0) is 12.0 Å². The summed E-state index contributed by atoms with van der Waals surface area (Å²) < 4.78 is 0. The van der Waals surface area contributed by atoms with E-state index in [0.29, 0.717) is 5.92 Å². The Morgan fingerprint density at radius 3 is 2.77 bits per heavy atom. The highest BCUT2D eigenvalue weighted by molar-refractivity contribution is 5.64. The molecule has 0 radical (unpaired) electrons. The zero-order valence-electron chi connectivity index (χ0n) is 7.35. The normalized spacial score (nSPS) is 19.8. The van der Waals surface area contributed by atoms with Crippen LogP contribution in [0.4, 0.5) is 0 Å². The van der Waals surface area contributed by atoms with Crippen molar-refractivity contribution in [3.05, 3.63) is 48.2 Å². The summed E-state index contributed by atoms with van der Waals surface area (Å²) in [5.74, 6) is 0.434. The fourth-order valence-electron chi connectivity index (χ4n) is 1.41. The van der Waals surface area contributed by atoms with Crippen LogP contribution in [-0.4, -0.2) is 6.21 Å². The maximum Gasteiger partial charge on any atom is 0.0319 e. The Bertz CT molecular complexity index is 302. The molecule has 2 rings (SSSR count). The summed E-state index contributed by atoms with van der Waals surface area (Å²) in [7, 11) is 0. The van der Waals surface area contributed by atoms with Crippen molar-refractivity contribution >= 4 is 6.21 Å². The largest absolute Gasteiger partial charge is 0.286 e. The molecule has 0 amide bonds. The van der Waals surface area contributed by atoms with Gasteiger partial charge in [0.05, 0.1) is 0 Å². The summed E-state index contributed by atoms with van der Waals surface area (Å²) >= 11 is 0. The van der Waals surface area contributed by atoms with Crippen LogP contribution in [0, 0.1) is 5.92 Å². The molecule has 1 aromatic rings. The Labute approximate surface area is 78.0 Å². The van der Waals surface area contributed by atoms with Crippen molar-refractivity contribution in [1.29, 1.82) is 0 Å². The van der Waals surface area contributed by atoms with Gasteiger partial charge in [-0.15, -0.1) is 0 Å². The zero-order chi connectivity index (χ0) is 8.93. The highest BCUT2D eigenvalue weighted by atomic mass is 15.3. The Hall–Kier alpha value is -1.57. The summed E-state index contributed by atoms with van der Waals surface area (Å²) in [4.78, 5) is 0. The van der Waals surface area contributed by atoms with E-state index >= 15 is 0 Å². The molecule has 0 aromatic heterocycles. The third-order valence-corrected chi connectivity index (χ3v) is 2.07. The standard InChI is InChI=1S/C11H12N2/c1-2-4-10(5-3-1)8-11-6-7-12-13-9-11/h1-7,9,11-12H,8H2. The lowest BCUT2D eigenvalue weighted by molar-refractivity contribution is 0.805. The van der Waals surface area contributed by atoms with Crippen LogP contribution in [0.1, 0.15) is 5.56 Å². The second-order valence-corrected chi connectivity index (χ2v) is 3.12. The van der Waals surface area contributed by atoms with Crippen LogP contribution >= 0.6 is 0 Å². The number of hydrogen-bond donors (Lipinski definition) is 1. The van der Waals surface area contributed by atoms with Gasteiger partial charge in [-0.1, -0.05) is 36.4 Å². The van der Waals surface area contributed by atoms with Crippen LogP contribution in [0.15, 0.2) is 47.7 Å². The molecule has 1 aromatic carbocycles. The minimum atomic E-state index is 0.434. The number of rotatable bonds is 2. The summed E-state index contributed by atoms with van der Waals surface area (Å²) in [5, 5.41) is 3.99. The summed E-state index contributed by atoms with van der Waals surface area (Å²) in [6.07, 6.45) is 6.98. The molecule has 13 heavy (non-hydrogen) atoms. The van der Waals surface area contributed by atoms with Gasteiger partial charge in [0.2, 0.25) is 0 Å². The highest BCUT2D eigenvalue weighted by Gasteiger charge is 2.04. The summed E-state index contributed by atoms with van der Waals surface area (Å²) in [6, 6.07) is 10.5. The second kappa shape index (κ2) is 3.90. The first-order chi connectivity index (χ1) is 6.45. The number of hydrogen-bond acceptors (Lipinski definition) is 2. The molecule has 1 unspecified atom stereocenters. The summed E-state index contributed by atoms with van der Waals surface area (Å²) in [6.45, 7) is 0. The first kappa shape index (κ1) is 8.05. The van der Waals surface area contributed by atoms with Crippen LogP contribution in [-0.2, 0) is 6.42 Å². The van der Waals surface area contributed by atoms with E-state index in [-0.39, 0.29) is 0 Å². The van der Waals surface area contributed by atoms with Gasteiger partial charge in [-0.25, -0.2) is 0 Å². The van der Waals surface area contributed by atoms with Gasteiger partial charge in [-0.3, -0.25) is 5.43 Å². The van der Waals surface area contributed by atoms with E-state index in [4.69, 9.17) is 0 Å². The average molecular weight is 172 g/mol. The lowest BCUT2D eigenvalue weighted by Gasteiger charge is -2.09. The molecule has 66 valence electrons. The quantitative estimate of drug-likeness (QED) is 0.724. The molecule has 0 saturated carbocycles. The predicted molar refractivity (Wildman–Crippen MR) is 54.4 cm³/mol. The van der Waals surface area contributed by atoms with Crippen LogP contribution in [0.25, 0.3) is 0 Å². The molecular weight excluding hydrogens is 160 g/mol. The third-order valence-electron chi connectivity index (χ3n) is 2.07. The van der Waals surface area contributed by atoms with Gasteiger partial charge in [0, 0.05) is 18.3 Å². The van der Waals surface area contributed by atoms with Crippen molar-refractivity contribution < 1.29 is 0 Å². The van der Waals surface area contributed by atoms with Crippen LogP contribution in [0.2, 0.25) is 0 Å². The van der Waals surface area contributed by atoms with Crippen LogP contribution < -0.4 is 5.43 Å². The van der Waals surface area contributed by atoms with Gasteiger partial charge in [0.25, 0.3) is 0 Å². The number of nitrogens with zero attached hydrogens (tertiary/aromatic N) is 1. The number of allylic oxidation sites excluding steroid dienone is 1. The average Bonchev–Trinajstić information content (AvgIpc) is 2.21. The molecule has 0 bridgehead atoms. The van der Waals surface area contributed by atoms with Gasteiger partial charge >= 0.3 is 0 Å². The fraction of sp³-hybridized carbons (Fsp3) is 0.182. The van der Waals surface area contributed by atoms with E-state index in [1.165, 1.54) is 5.56 Å². The van der Waals surface area contributed by atoms with Gasteiger partial charge < -0.3 is 0 Å². The van der Waals surface area contributed by atoms with E-state index in [1.54, 1.807) is 0 Å². The molecule has 0 spiro atoms. The van der Waals surface area contributed by atoms with Crippen molar-refractivity contribution in [2.75, 3.05) is 0 Å². The van der Waals surface area contributed by atoms with Crippen molar-refractivity contribution in [3.8, 4) is 0 Å². The van der Waals surface area contributed by atoms with Gasteiger partial charge in [0.15, 0.2) is 0 Å². The minimum Gasteiger partial charge on any atom is -0.286 e. The Balaban J connectivity index is 2.02. The smallest absolute Gasteiger partial charge is 0.0319 e. The molecule has 1 N–H and O–H groups in total. The van der Waals surface area contributed by atoms with Gasteiger partial charge in [0.1, 0.15) is 0 Å². The van der Waals surface area contributed by atoms with Crippen LogP contribution in [0.5, 0.6) is 0 Å². The molecule has 2 nitrogen and oxygen atoms in total. The van der Waals surface area contributed by atoms with Gasteiger partial charge in [-0.2, -0.15) is 5.10 Å². The van der Waals surface area contributed by atoms with E-state index in [1.807, 2.05) is 18.5 Å². The second-order valence-electron chi connectivity index (χ2n) is 3.12. The maximum absolute atomic E-state index is 3.99. The molecule has 0 aliphatic carbocycles. The van der Waals surface area contributed by atoms with E-state index < -0.39 is 0 Å². The lowest BCUT2D eigenvalue weighted by Crippen LogP contribution is -2.11. The molecule has 1 heterocycles. The fourth-order valence-corrected chi connectivity index (χ4v) is 1.41. The topological polar surface area (TPSA) is 24.4 Å². The maximum atomic E-state index is 3.99. The van der Waals surface area contributed by atoms with E-state index in [0.717, 1.165) is 6.42 Å². The van der Waals surface area contributed by atoms with Crippen molar-refractivity contribution in [3.63, 3.8) is 0 Å². The highest BCUT2D eigenvalue weighted by Crippen LogP contribution is 2.09. The van der Waals surface area contributed by atoms with Crippen molar-refractivity contribution in [1.82, 2.24) is 5.43 Å². The predicted octanol–water partition coefficient (Wildman–Crippen LogP) is 1.95. The van der Waals surface area contributed by atoms with Crippen molar-refractivity contribution in [2.45, 2.75) is 6.42 Å². The Morgan fingerprint density at radius 1 is 1.23 bits per heavy atom. The van der Waals surface area contributed by atoms with E-state index in [2.05, 4.69) is 40.9 Å². The first-order valence-electron chi connectivity index (χ1n) is 4.44. The number of hydrazone groups is 1. The SMILES string of the molecule is C1=CC(Cc2ccccc2)C=NN1. The van der Waals surface area contributed by atoms with Crippen LogP contribution in [0.3, 0.4) is 0 Å². The molecule has 1 aliphatic rings. The molecule has 2 heteroatoms. The Morgan fingerprint density at radius 2 is 2.08 bits per heavy atom. The third kappa shape index (κ3) is 2.18. The molecule has 0 saturated heterocycles. The lowest BCUT2D eigenvalue weighted by atomic mass is 10.0. The number of nitrogens with one attached hydrogen (secondary N) is 1. The zero-order valence-corrected chi connectivity index (χ0v) is 7.35. The number of benzene rings is 1. The first-order valence-corrected chi connectivity index (χ1v) is 4.44. The van der Waals surface area contributed by atoms with E-state index in [9.17, 15) is 0 Å². The molecule has 1 atom stereocenters. The summed E-state index contributed by atoms with van der Waals surface area (Å²) in [5.41, 5.74) is 4.14. The monoisotopic (exact) mass is 172 g/mol. The minimum absolute atomic E-state index is 0.434. The molecule has 1 aliphatic heterocycles. The Kier molecular flexibility index (Phi) is 2.41. The molecular formula is C11H12N2.